The van der Waals surface area contributed by atoms with Crippen LogP contribution < -0.4 is 15.4 Å². The van der Waals surface area contributed by atoms with E-state index < -0.39 is 0 Å². The van der Waals surface area contributed by atoms with E-state index >= 15 is 0 Å². The molecule has 0 saturated heterocycles. The monoisotopic (exact) mass is 507 g/mol. The summed E-state index contributed by atoms with van der Waals surface area (Å²) >= 11 is 13.3. The highest BCUT2D eigenvalue weighted by Gasteiger charge is 2.17. The number of halogens is 2. The van der Waals surface area contributed by atoms with Gasteiger partial charge in [-0.25, -0.2) is 4.79 Å². The van der Waals surface area contributed by atoms with Crippen LogP contribution in [0.15, 0.2) is 42.5 Å². The van der Waals surface area contributed by atoms with Crippen LogP contribution in [-0.2, 0) is 4.79 Å². The third-order valence-electron chi connectivity index (χ3n) is 4.57. The van der Waals surface area contributed by atoms with Crippen molar-refractivity contribution in [1.29, 1.82) is 0 Å². The summed E-state index contributed by atoms with van der Waals surface area (Å²) in [5.74, 6) is 0.488. The number of anilines is 2. The summed E-state index contributed by atoms with van der Waals surface area (Å²) < 4.78 is 5.15. The number of nitrogens with zero attached hydrogens (tertiary/aromatic N) is 3. The zero-order chi connectivity index (χ0) is 23.8. The zero-order valence-corrected chi connectivity index (χ0v) is 20.4. The van der Waals surface area contributed by atoms with Crippen molar-refractivity contribution in [2.45, 2.75) is 19.8 Å². The van der Waals surface area contributed by atoms with Crippen molar-refractivity contribution in [3.63, 3.8) is 0 Å². The number of hydrogen-bond acceptors (Lipinski definition) is 6. The molecule has 11 heteroatoms. The standard InChI is InChI=1S/C22H23Cl2N5O3S/c1-3-11-29(22(31)25-18-9-6-15(23)13-17(18)24)12-10-19(30)26-21-28-27-20(33-21)14-4-7-16(32-2)8-5-14/h4-9,13H,3,10-12H2,1-2H3,(H,25,31)(H,26,28,30). The molecule has 0 bridgehead atoms. The number of aromatic nitrogens is 2. The van der Waals surface area contributed by atoms with Crippen molar-refractivity contribution in [2.24, 2.45) is 0 Å². The molecule has 3 amide bonds. The summed E-state index contributed by atoms with van der Waals surface area (Å²) in [7, 11) is 1.60. The molecule has 3 rings (SSSR count). The minimum Gasteiger partial charge on any atom is -0.497 e. The number of carbonyl (C=O) groups is 2. The lowest BCUT2D eigenvalue weighted by atomic mass is 10.2. The van der Waals surface area contributed by atoms with Gasteiger partial charge in [-0.15, -0.1) is 10.2 Å². The average Bonchev–Trinajstić information content (AvgIpc) is 3.26. The van der Waals surface area contributed by atoms with Crippen LogP contribution in [0.25, 0.3) is 10.6 Å². The summed E-state index contributed by atoms with van der Waals surface area (Å²) in [6.45, 7) is 2.68. The largest absolute Gasteiger partial charge is 0.497 e. The van der Waals surface area contributed by atoms with E-state index in [0.29, 0.717) is 32.4 Å². The first kappa shape index (κ1) is 24.8. The zero-order valence-electron chi connectivity index (χ0n) is 18.1. The Hall–Kier alpha value is -2.88. The molecule has 1 heterocycles. The van der Waals surface area contributed by atoms with Crippen molar-refractivity contribution in [2.75, 3.05) is 30.8 Å². The van der Waals surface area contributed by atoms with Gasteiger partial charge in [0.15, 0.2) is 0 Å². The second-order valence-electron chi connectivity index (χ2n) is 6.98. The second kappa shape index (κ2) is 11.8. The van der Waals surface area contributed by atoms with Gasteiger partial charge in [-0.05, 0) is 48.9 Å². The summed E-state index contributed by atoms with van der Waals surface area (Å²) in [4.78, 5) is 26.7. The molecular weight excluding hydrogens is 485 g/mol. The van der Waals surface area contributed by atoms with Gasteiger partial charge in [0.05, 0.1) is 17.8 Å². The van der Waals surface area contributed by atoms with Crippen LogP contribution >= 0.6 is 34.5 Å². The molecule has 0 spiro atoms. The maximum Gasteiger partial charge on any atom is 0.321 e. The minimum atomic E-state index is -0.341. The van der Waals surface area contributed by atoms with Crippen molar-refractivity contribution in [3.8, 4) is 16.3 Å². The smallest absolute Gasteiger partial charge is 0.321 e. The molecule has 2 N–H and O–H groups in total. The van der Waals surface area contributed by atoms with Gasteiger partial charge in [0.1, 0.15) is 10.8 Å². The molecule has 0 unspecified atom stereocenters. The lowest BCUT2D eigenvalue weighted by Crippen LogP contribution is -2.37. The Morgan fingerprint density at radius 3 is 2.48 bits per heavy atom. The van der Waals surface area contributed by atoms with E-state index in [1.165, 1.54) is 11.3 Å². The number of urea groups is 1. The molecule has 0 aliphatic rings. The third-order valence-corrected chi connectivity index (χ3v) is 6.01. The van der Waals surface area contributed by atoms with E-state index in [-0.39, 0.29) is 24.9 Å². The Kier molecular flexibility index (Phi) is 8.87. The summed E-state index contributed by atoms with van der Waals surface area (Å²) in [5.41, 5.74) is 1.33. The number of hydrogen-bond donors (Lipinski definition) is 2. The fourth-order valence-electron chi connectivity index (χ4n) is 2.91. The number of carbonyl (C=O) groups excluding carboxylic acids is 2. The van der Waals surface area contributed by atoms with Crippen LogP contribution in [0, 0.1) is 0 Å². The lowest BCUT2D eigenvalue weighted by molar-refractivity contribution is -0.116. The van der Waals surface area contributed by atoms with Crippen LogP contribution in [-0.4, -0.2) is 47.2 Å². The van der Waals surface area contributed by atoms with Crippen LogP contribution in [0.5, 0.6) is 5.75 Å². The van der Waals surface area contributed by atoms with Crippen LogP contribution in [0.1, 0.15) is 19.8 Å². The molecule has 0 fully saturated rings. The van der Waals surface area contributed by atoms with Crippen molar-refractivity contribution < 1.29 is 14.3 Å². The fraction of sp³-hybridized carbons (Fsp3) is 0.273. The highest BCUT2D eigenvalue weighted by Crippen LogP contribution is 2.28. The molecule has 0 aliphatic carbocycles. The number of rotatable bonds is 9. The summed E-state index contributed by atoms with van der Waals surface area (Å²) in [6, 6.07) is 11.9. The predicted molar refractivity (Wildman–Crippen MR) is 132 cm³/mol. The van der Waals surface area contributed by atoms with E-state index in [1.54, 1.807) is 30.2 Å². The van der Waals surface area contributed by atoms with Crippen LogP contribution in [0.3, 0.4) is 0 Å². The molecule has 33 heavy (non-hydrogen) atoms. The van der Waals surface area contributed by atoms with Gasteiger partial charge in [0, 0.05) is 30.1 Å². The Bertz CT molecular complexity index is 1110. The van der Waals surface area contributed by atoms with Crippen LogP contribution in [0.4, 0.5) is 15.6 Å². The molecule has 174 valence electrons. The molecule has 0 atom stereocenters. The van der Waals surface area contributed by atoms with Gasteiger partial charge in [-0.3, -0.25) is 4.79 Å². The van der Waals surface area contributed by atoms with Crippen molar-refractivity contribution in [1.82, 2.24) is 15.1 Å². The van der Waals surface area contributed by atoms with E-state index in [1.807, 2.05) is 31.2 Å². The lowest BCUT2D eigenvalue weighted by Gasteiger charge is -2.22. The quantitative estimate of drug-likeness (QED) is 0.381. The summed E-state index contributed by atoms with van der Waals surface area (Å²) in [6.07, 6.45) is 0.851. The number of benzene rings is 2. The fourth-order valence-corrected chi connectivity index (χ4v) is 4.13. The van der Waals surface area contributed by atoms with E-state index in [0.717, 1.165) is 17.7 Å². The number of methoxy groups -OCH3 is 1. The van der Waals surface area contributed by atoms with Gasteiger partial charge >= 0.3 is 6.03 Å². The second-order valence-corrected chi connectivity index (χ2v) is 8.80. The molecule has 1 aromatic heterocycles. The minimum absolute atomic E-state index is 0.110. The number of ether oxygens (including phenoxy) is 1. The van der Waals surface area contributed by atoms with E-state index in [4.69, 9.17) is 27.9 Å². The predicted octanol–water partition coefficient (Wildman–Crippen LogP) is 5.79. The number of amides is 3. The average molecular weight is 508 g/mol. The van der Waals surface area contributed by atoms with Gasteiger partial charge in [0.25, 0.3) is 0 Å². The Labute approximate surface area is 205 Å². The summed E-state index contributed by atoms with van der Waals surface area (Å²) in [5, 5.41) is 15.6. The highest BCUT2D eigenvalue weighted by molar-refractivity contribution is 7.18. The van der Waals surface area contributed by atoms with Crippen molar-refractivity contribution >= 4 is 57.3 Å². The molecule has 0 saturated carbocycles. The first-order valence-electron chi connectivity index (χ1n) is 10.2. The van der Waals surface area contributed by atoms with Gasteiger partial charge in [-0.1, -0.05) is 41.5 Å². The van der Waals surface area contributed by atoms with Gasteiger partial charge < -0.3 is 20.3 Å². The maximum absolute atomic E-state index is 12.7. The van der Waals surface area contributed by atoms with E-state index in [9.17, 15) is 9.59 Å². The molecule has 2 aromatic carbocycles. The SMILES string of the molecule is CCCN(CCC(=O)Nc1nnc(-c2ccc(OC)cc2)s1)C(=O)Nc1ccc(Cl)cc1Cl. The van der Waals surface area contributed by atoms with Gasteiger partial charge in [-0.2, -0.15) is 0 Å². The van der Waals surface area contributed by atoms with Crippen molar-refractivity contribution in [3.05, 3.63) is 52.5 Å². The molecule has 0 radical (unpaired) electrons. The first-order valence-corrected chi connectivity index (χ1v) is 11.8. The molecule has 8 nitrogen and oxygen atoms in total. The number of nitrogens with one attached hydrogen (secondary N) is 2. The van der Waals surface area contributed by atoms with E-state index in [2.05, 4.69) is 20.8 Å². The molecule has 3 aromatic rings. The third kappa shape index (κ3) is 7.05. The molecule has 0 aliphatic heterocycles. The Balaban J connectivity index is 1.55. The topological polar surface area (TPSA) is 96.5 Å². The Morgan fingerprint density at radius 2 is 1.82 bits per heavy atom. The Morgan fingerprint density at radius 1 is 1.06 bits per heavy atom. The van der Waals surface area contributed by atoms with Gasteiger partial charge in [0.2, 0.25) is 11.0 Å². The molecular formula is C22H23Cl2N5O3S. The van der Waals surface area contributed by atoms with Crippen LogP contribution in [0.2, 0.25) is 10.0 Å². The first-order chi connectivity index (χ1) is 15.9. The normalized spacial score (nSPS) is 10.5. The highest BCUT2D eigenvalue weighted by atomic mass is 35.5. The maximum atomic E-state index is 12.7.